The SMILES string of the molecule is C.CSC(=N)CC(=O)C1CCCCC1.CSC(=N)N.O=C(O)C1CCCCC1. The molecule has 2 fully saturated rings. The van der Waals surface area contributed by atoms with Gasteiger partial charge in [0.05, 0.1) is 17.4 Å². The van der Waals surface area contributed by atoms with Crippen molar-refractivity contribution in [1.82, 2.24) is 0 Å². The largest absolute Gasteiger partial charge is 0.481 e. The Balaban J connectivity index is 0. The summed E-state index contributed by atoms with van der Waals surface area (Å²) in [7, 11) is 0. The molecule has 0 bridgehead atoms. The lowest BCUT2D eigenvalue weighted by Gasteiger charge is -2.19. The van der Waals surface area contributed by atoms with Gasteiger partial charge < -0.3 is 10.8 Å². The number of rotatable bonds is 4. The number of carboxylic acid groups (broad SMARTS) is 1. The first-order valence-electron chi connectivity index (χ1n) is 9.56. The number of Topliss-reactive ketones (excluding diaryl/α,β-unsaturated/α-hetero) is 1. The Kier molecular flexibility index (Phi) is 18.8. The molecule has 2 rings (SSSR count). The van der Waals surface area contributed by atoms with Crippen molar-refractivity contribution in [2.24, 2.45) is 17.6 Å². The van der Waals surface area contributed by atoms with E-state index in [0.29, 0.717) is 17.2 Å². The molecule has 28 heavy (non-hydrogen) atoms. The van der Waals surface area contributed by atoms with Gasteiger partial charge in [0.15, 0.2) is 5.17 Å². The molecule has 2 saturated carbocycles. The van der Waals surface area contributed by atoms with Crippen molar-refractivity contribution in [3.63, 3.8) is 0 Å². The third-order valence-electron chi connectivity index (χ3n) is 4.82. The molecule has 0 atom stereocenters. The van der Waals surface area contributed by atoms with Gasteiger partial charge in [0, 0.05) is 5.92 Å². The molecule has 2 aliphatic carbocycles. The van der Waals surface area contributed by atoms with Crippen molar-refractivity contribution in [3.8, 4) is 0 Å². The van der Waals surface area contributed by atoms with Crippen LogP contribution in [0.15, 0.2) is 0 Å². The van der Waals surface area contributed by atoms with E-state index in [-0.39, 0.29) is 24.4 Å². The molecule has 8 heteroatoms. The lowest BCUT2D eigenvalue weighted by molar-refractivity contribution is -0.142. The number of nitrogens with one attached hydrogen (secondary N) is 2. The fourth-order valence-corrected chi connectivity index (χ4v) is 3.44. The van der Waals surface area contributed by atoms with Crippen molar-refractivity contribution in [3.05, 3.63) is 0 Å². The number of carbonyl (C=O) groups excluding carboxylic acids is 1. The molecule has 5 N–H and O–H groups in total. The molecule has 0 radical (unpaired) electrons. The highest BCUT2D eigenvalue weighted by atomic mass is 32.2. The van der Waals surface area contributed by atoms with Crippen LogP contribution in [0.2, 0.25) is 0 Å². The van der Waals surface area contributed by atoms with Crippen molar-refractivity contribution in [2.45, 2.75) is 78.1 Å². The van der Waals surface area contributed by atoms with E-state index < -0.39 is 5.97 Å². The van der Waals surface area contributed by atoms with Crippen molar-refractivity contribution in [1.29, 1.82) is 10.8 Å². The predicted molar refractivity (Wildman–Crippen MR) is 124 cm³/mol. The topological polar surface area (TPSA) is 128 Å². The Morgan fingerprint density at radius 2 is 1.29 bits per heavy atom. The fraction of sp³-hybridized carbons (Fsp3) is 0.800. The molecule has 0 saturated heterocycles. The van der Waals surface area contributed by atoms with Crippen LogP contribution in [0.5, 0.6) is 0 Å². The zero-order valence-electron chi connectivity index (χ0n) is 16.6. The summed E-state index contributed by atoms with van der Waals surface area (Å²) in [6.45, 7) is 0. The van der Waals surface area contributed by atoms with Crippen molar-refractivity contribution in [2.75, 3.05) is 12.5 Å². The van der Waals surface area contributed by atoms with E-state index in [0.717, 1.165) is 38.5 Å². The standard InChI is InChI=1S/C10H17NOS.C7H12O2.C2H6N2S.CH4/c1-13-10(11)7-9(12)8-5-3-2-4-6-8;8-7(9)6-4-2-1-3-5-6;1-5-2(3)4;/h8,11H,2-7H2,1H3;6H,1-5H2,(H,8,9);1H3,(H3,3,4);1H4. The maximum Gasteiger partial charge on any atom is 0.306 e. The number of aliphatic carboxylic acids is 1. The number of hydrogen-bond acceptors (Lipinski definition) is 6. The first-order chi connectivity index (χ1) is 12.8. The normalized spacial score (nSPS) is 16.9. The molecule has 0 spiro atoms. The number of carboxylic acids is 1. The third-order valence-corrected chi connectivity index (χ3v) is 5.89. The minimum Gasteiger partial charge on any atom is -0.481 e. The van der Waals surface area contributed by atoms with Gasteiger partial charge in [-0.1, -0.05) is 57.7 Å². The number of ketones is 1. The Hall–Kier alpha value is -1.02. The molecule has 0 unspecified atom stereocenters. The van der Waals surface area contributed by atoms with Gasteiger partial charge in [0.1, 0.15) is 5.78 Å². The monoisotopic (exact) mass is 433 g/mol. The first kappa shape index (κ1) is 29.2. The number of nitrogens with two attached hydrogens (primary N) is 1. The molecule has 0 heterocycles. The summed E-state index contributed by atoms with van der Waals surface area (Å²) < 4.78 is 0. The van der Waals surface area contributed by atoms with Gasteiger partial charge in [-0.05, 0) is 38.2 Å². The quantitative estimate of drug-likeness (QED) is 0.347. The molecule has 6 nitrogen and oxygen atoms in total. The summed E-state index contributed by atoms with van der Waals surface area (Å²) in [6.07, 6.45) is 15.0. The van der Waals surface area contributed by atoms with E-state index in [9.17, 15) is 9.59 Å². The van der Waals surface area contributed by atoms with Crippen LogP contribution < -0.4 is 5.73 Å². The van der Waals surface area contributed by atoms with E-state index in [1.54, 1.807) is 6.26 Å². The Morgan fingerprint density at radius 1 is 0.893 bits per heavy atom. The maximum absolute atomic E-state index is 11.6. The summed E-state index contributed by atoms with van der Waals surface area (Å²) in [5, 5.41) is 23.1. The second-order valence-electron chi connectivity index (χ2n) is 6.85. The molecule has 0 amide bonds. The maximum atomic E-state index is 11.6. The third kappa shape index (κ3) is 15.0. The van der Waals surface area contributed by atoms with E-state index >= 15 is 0 Å². The zero-order chi connectivity index (χ0) is 20.7. The molecule has 164 valence electrons. The minimum atomic E-state index is -0.602. The Labute approximate surface area is 179 Å². The number of hydrogen-bond donors (Lipinski definition) is 4. The summed E-state index contributed by atoms with van der Waals surface area (Å²) in [6, 6.07) is 0. The van der Waals surface area contributed by atoms with Gasteiger partial charge in [-0.3, -0.25) is 20.4 Å². The fourth-order valence-electron chi connectivity index (χ4n) is 3.15. The summed E-state index contributed by atoms with van der Waals surface area (Å²) in [5.41, 5.74) is 4.84. The van der Waals surface area contributed by atoms with E-state index in [1.807, 2.05) is 6.26 Å². The number of carbonyl (C=O) groups is 2. The molecule has 0 aliphatic heterocycles. The zero-order valence-corrected chi connectivity index (χ0v) is 18.2. The lowest BCUT2D eigenvalue weighted by Crippen LogP contribution is -2.19. The average molecular weight is 434 g/mol. The van der Waals surface area contributed by atoms with Crippen LogP contribution in [0.3, 0.4) is 0 Å². The lowest BCUT2D eigenvalue weighted by atomic mass is 9.85. The molecular weight excluding hydrogens is 394 g/mol. The smallest absolute Gasteiger partial charge is 0.306 e. The van der Waals surface area contributed by atoms with Gasteiger partial charge in [-0.15, -0.1) is 11.8 Å². The highest BCUT2D eigenvalue weighted by Gasteiger charge is 2.21. The van der Waals surface area contributed by atoms with Gasteiger partial charge in [0.2, 0.25) is 0 Å². The summed E-state index contributed by atoms with van der Waals surface area (Å²) in [5.74, 6) is -0.0752. The highest BCUT2D eigenvalue weighted by molar-refractivity contribution is 8.13. The predicted octanol–water partition coefficient (Wildman–Crippen LogP) is 5.40. The van der Waals surface area contributed by atoms with Crippen LogP contribution in [0, 0.1) is 22.7 Å². The molecular formula is C20H39N3O3S2. The van der Waals surface area contributed by atoms with E-state index in [1.165, 1.54) is 49.2 Å². The Morgan fingerprint density at radius 3 is 1.57 bits per heavy atom. The number of amidine groups is 1. The van der Waals surface area contributed by atoms with Crippen LogP contribution in [0.1, 0.15) is 78.1 Å². The van der Waals surface area contributed by atoms with Crippen molar-refractivity contribution < 1.29 is 14.7 Å². The number of thioether (sulfide) groups is 2. The summed E-state index contributed by atoms with van der Waals surface area (Å²) >= 11 is 2.62. The molecule has 0 aromatic carbocycles. The van der Waals surface area contributed by atoms with Crippen LogP contribution in [0.4, 0.5) is 0 Å². The second-order valence-corrected chi connectivity index (χ2v) is 8.60. The van der Waals surface area contributed by atoms with E-state index in [2.05, 4.69) is 0 Å². The van der Waals surface area contributed by atoms with Crippen molar-refractivity contribution >= 4 is 45.5 Å². The first-order valence-corrected chi connectivity index (χ1v) is 12.0. The van der Waals surface area contributed by atoms with Gasteiger partial charge in [-0.25, -0.2) is 0 Å². The van der Waals surface area contributed by atoms with Gasteiger partial charge >= 0.3 is 5.97 Å². The Bertz CT molecular complexity index is 475. The van der Waals surface area contributed by atoms with Crippen LogP contribution in [-0.2, 0) is 9.59 Å². The van der Waals surface area contributed by atoms with Crippen LogP contribution >= 0.6 is 23.5 Å². The van der Waals surface area contributed by atoms with E-state index in [4.69, 9.17) is 21.7 Å². The molecule has 0 aromatic heterocycles. The average Bonchev–Trinajstić information content (AvgIpc) is 2.70. The molecule has 0 aromatic rings. The highest BCUT2D eigenvalue weighted by Crippen LogP contribution is 2.26. The molecule has 2 aliphatic rings. The van der Waals surface area contributed by atoms with Gasteiger partial charge in [-0.2, -0.15) is 0 Å². The van der Waals surface area contributed by atoms with Crippen LogP contribution in [0.25, 0.3) is 0 Å². The van der Waals surface area contributed by atoms with Crippen LogP contribution in [-0.4, -0.2) is 39.6 Å². The second kappa shape index (κ2) is 18.0. The van der Waals surface area contributed by atoms with Gasteiger partial charge in [0.25, 0.3) is 0 Å². The minimum absolute atomic E-state index is 0. The summed E-state index contributed by atoms with van der Waals surface area (Å²) in [4.78, 5) is 22.0.